The number of rotatable bonds is 17. The lowest BCUT2D eigenvalue weighted by Gasteiger charge is -2.45. The van der Waals surface area contributed by atoms with Gasteiger partial charge in [0.1, 0.15) is 0 Å². The van der Waals surface area contributed by atoms with Crippen LogP contribution < -0.4 is 10.4 Å². The molecule has 0 aliphatic carbocycles. The Labute approximate surface area is 298 Å². The van der Waals surface area contributed by atoms with E-state index in [2.05, 4.69) is 123 Å². The summed E-state index contributed by atoms with van der Waals surface area (Å²) in [4.78, 5) is 13.8. The number of carbonyl (C=O) groups is 1. The van der Waals surface area contributed by atoms with Crippen LogP contribution in [-0.4, -0.2) is 45.7 Å². The highest BCUT2D eigenvalue weighted by atomic mass is 32.2. The highest BCUT2D eigenvalue weighted by Gasteiger charge is 2.50. The zero-order valence-electron chi connectivity index (χ0n) is 31.0. The Kier molecular flexibility index (Phi) is 15.2. The number of carbonyl (C=O) groups excluding carboxylic acids is 1. The van der Waals surface area contributed by atoms with Gasteiger partial charge in [0.2, 0.25) is 13.4 Å². The van der Waals surface area contributed by atoms with E-state index in [1.54, 1.807) is 6.08 Å². The Morgan fingerprint density at radius 2 is 1.31 bits per heavy atom. The monoisotopic (exact) mass is 704 g/mol. The van der Waals surface area contributed by atoms with Crippen LogP contribution in [-0.2, 0) is 13.6 Å². The van der Waals surface area contributed by atoms with Gasteiger partial charge < -0.3 is 14.0 Å². The molecule has 262 valence electrons. The second-order valence-corrected chi connectivity index (χ2v) is 25.9. The molecule has 4 nitrogen and oxygen atoms in total. The van der Waals surface area contributed by atoms with Gasteiger partial charge in [0, 0.05) is 11.5 Å². The van der Waals surface area contributed by atoms with E-state index in [9.17, 15) is 9.90 Å². The van der Waals surface area contributed by atoms with Crippen molar-refractivity contribution in [3.63, 3.8) is 0 Å². The molecule has 48 heavy (non-hydrogen) atoms. The highest BCUT2D eigenvalue weighted by molar-refractivity contribution is 8.14. The van der Waals surface area contributed by atoms with Crippen molar-refractivity contribution in [1.29, 1.82) is 0 Å². The highest BCUT2D eigenvalue weighted by Crippen LogP contribution is 2.44. The molecule has 0 radical (unpaired) electrons. The Bertz CT molecular complexity index is 1360. The van der Waals surface area contributed by atoms with E-state index in [1.807, 2.05) is 37.3 Å². The quantitative estimate of drug-likeness (QED) is 0.0862. The minimum absolute atomic E-state index is 0.00283. The summed E-state index contributed by atoms with van der Waals surface area (Å²) in [5.41, 5.74) is 2.42. The summed E-state index contributed by atoms with van der Waals surface area (Å²) in [6.07, 6.45) is 4.40. The number of hydrogen-bond acceptors (Lipinski definition) is 5. The van der Waals surface area contributed by atoms with Crippen molar-refractivity contribution >= 4 is 43.9 Å². The van der Waals surface area contributed by atoms with Crippen molar-refractivity contribution in [2.45, 2.75) is 127 Å². The molecule has 0 spiro atoms. The van der Waals surface area contributed by atoms with Gasteiger partial charge in [-0.2, -0.15) is 0 Å². The van der Waals surface area contributed by atoms with Crippen molar-refractivity contribution in [3.8, 4) is 0 Å². The summed E-state index contributed by atoms with van der Waals surface area (Å²) in [6.45, 7) is 23.0. The smallest absolute Gasteiger partial charge is 0.261 e. The Balaban J connectivity index is 1.82. The summed E-state index contributed by atoms with van der Waals surface area (Å²) in [5.74, 6) is 0. The van der Waals surface area contributed by atoms with E-state index in [0.717, 1.165) is 4.90 Å². The molecule has 3 aromatic carbocycles. The van der Waals surface area contributed by atoms with E-state index in [1.165, 1.54) is 27.7 Å². The van der Waals surface area contributed by atoms with Crippen molar-refractivity contribution in [3.05, 3.63) is 103 Å². The van der Waals surface area contributed by atoms with Crippen LogP contribution in [0.5, 0.6) is 0 Å². The van der Waals surface area contributed by atoms with Gasteiger partial charge in [-0.05, 0) is 88.2 Å². The van der Waals surface area contributed by atoms with Crippen LogP contribution in [0, 0.1) is 6.92 Å². The molecule has 0 aliphatic rings. The lowest BCUT2D eigenvalue weighted by atomic mass is 10.1. The van der Waals surface area contributed by atoms with Crippen LogP contribution in [0.3, 0.4) is 0 Å². The molecule has 0 heterocycles. The Hall–Kier alpha value is -2.27. The molecule has 2 atom stereocenters. The number of hydrogen-bond donors (Lipinski definition) is 1. The van der Waals surface area contributed by atoms with E-state index in [0.29, 0.717) is 42.5 Å². The average molecular weight is 705 g/mol. The molecular weight excluding hydrogens is 645 g/mol. The van der Waals surface area contributed by atoms with Crippen LogP contribution in [0.15, 0.2) is 102 Å². The van der Waals surface area contributed by atoms with Crippen LogP contribution >= 0.6 is 11.8 Å². The predicted molar refractivity (Wildman–Crippen MR) is 211 cm³/mol. The molecule has 0 amide bonds. The van der Waals surface area contributed by atoms with Gasteiger partial charge in [-0.3, -0.25) is 4.79 Å². The van der Waals surface area contributed by atoms with Crippen LogP contribution in [0.4, 0.5) is 0 Å². The van der Waals surface area contributed by atoms with Crippen molar-refractivity contribution in [2.75, 3.05) is 6.61 Å². The minimum Gasteiger partial charge on any atom is -0.413 e. The maximum Gasteiger partial charge on any atom is 0.261 e. The molecule has 0 bridgehead atoms. The third-order valence-corrected chi connectivity index (χ3v) is 21.7. The van der Waals surface area contributed by atoms with Crippen molar-refractivity contribution in [2.24, 2.45) is 0 Å². The fourth-order valence-electron chi connectivity index (χ4n) is 7.49. The Morgan fingerprint density at radius 1 is 0.812 bits per heavy atom. The van der Waals surface area contributed by atoms with Crippen LogP contribution in [0.2, 0.25) is 21.7 Å². The molecule has 0 saturated carbocycles. The predicted octanol–water partition coefficient (Wildman–Crippen LogP) is 9.84. The lowest BCUT2D eigenvalue weighted by molar-refractivity contribution is -0.107. The van der Waals surface area contributed by atoms with Crippen molar-refractivity contribution < 1.29 is 18.8 Å². The first-order chi connectivity index (χ1) is 22.6. The fourth-order valence-corrected chi connectivity index (χ4v) is 18.3. The molecule has 0 aliphatic heterocycles. The summed E-state index contributed by atoms with van der Waals surface area (Å²) in [6, 6.07) is 29.3. The first-order valence-corrected chi connectivity index (χ1v) is 22.6. The van der Waals surface area contributed by atoms with E-state index in [-0.39, 0.29) is 16.3 Å². The number of benzene rings is 3. The minimum atomic E-state index is -2.69. The zero-order valence-corrected chi connectivity index (χ0v) is 33.8. The third-order valence-electron chi connectivity index (χ3n) is 9.69. The second-order valence-electron chi connectivity index (χ2n) is 15.1. The molecule has 1 N–H and O–H groups in total. The average Bonchev–Trinajstić information content (AvgIpc) is 3.02. The van der Waals surface area contributed by atoms with Gasteiger partial charge in [-0.1, -0.05) is 147 Å². The van der Waals surface area contributed by atoms with Gasteiger partial charge >= 0.3 is 0 Å². The topological polar surface area (TPSA) is 55.8 Å². The largest absolute Gasteiger partial charge is 0.413 e. The molecule has 3 rings (SSSR count). The fraction of sp³-hybridized carbons (Fsp3) is 0.488. The molecular formula is C41H60O4SSi2. The van der Waals surface area contributed by atoms with Gasteiger partial charge in [-0.15, -0.1) is 0 Å². The molecule has 0 fully saturated rings. The van der Waals surface area contributed by atoms with E-state index in [4.69, 9.17) is 8.85 Å². The molecule has 0 unspecified atom stereocenters. The first kappa shape index (κ1) is 40.2. The lowest BCUT2D eigenvalue weighted by Crippen LogP contribution is -2.66. The van der Waals surface area contributed by atoms with E-state index >= 15 is 0 Å². The molecule has 7 heteroatoms. The first-order valence-electron chi connectivity index (χ1n) is 17.7. The maximum absolute atomic E-state index is 12.8. The van der Waals surface area contributed by atoms with Crippen molar-refractivity contribution in [1.82, 2.24) is 0 Å². The number of thioether (sulfide) groups is 1. The van der Waals surface area contributed by atoms with Crippen LogP contribution in [0.1, 0.15) is 87.1 Å². The summed E-state index contributed by atoms with van der Waals surface area (Å²) in [7, 11) is -4.93. The Morgan fingerprint density at radius 3 is 1.77 bits per heavy atom. The number of aryl methyl sites for hydroxylation is 1. The van der Waals surface area contributed by atoms with Gasteiger partial charge in [0.05, 0.1) is 12.2 Å². The van der Waals surface area contributed by atoms with E-state index < -0.39 is 22.7 Å². The maximum atomic E-state index is 12.8. The van der Waals surface area contributed by atoms with Crippen LogP contribution in [0.25, 0.3) is 0 Å². The number of aliphatic hydroxyl groups excluding tert-OH is 1. The summed E-state index contributed by atoms with van der Waals surface area (Å²) >= 11 is 1.24. The second kappa shape index (κ2) is 18.1. The standard InChI is InChI=1S/C41H60O4SSi2/c1-31(2)47(32(3)4,33(5)6)45-36(18-17-23-40(43)46-37-26-24-34(7)25-27-37)30-35(42)28-29-44-48(41(8,9)10,38-19-13-11-14-20-38)39-21-15-12-16-22-39/h11-17,19-27,31-33,35-36,42H,18,28-30H2,1-10H3/b23-17+/t35-,36-/m1/s1. The summed E-state index contributed by atoms with van der Waals surface area (Å²) < 4.78 is 14.3. The van der Waals surface area contributed by atoms with Gasteiger partial charge in [0.15, 0.2) is 0 Å². The number of aliphatic hydroxyl groups is 1. The molecule has 0 aromatic heterocycles. The normalized spacial score (nSPS) is 14.3. The third kappa shape index (κ3) is 10.1. The molecule has 0 saturated heterocycles. The SMILES string of the molecule is Cc1ccc(SC(=O)/C=C/C[C@H](C[C@H](O)CCO[Si](c2ccccc2)(c2ccccc2)C(C)(C)C)O[Si](C(C)C)(C(C)C)C(C)C)cc1. The van der Waals surface area contributed by atoms with Gasteiger partial charge in [0.25, 0.3) is 8.32 Å². The van der Waals surface area contributed by atoms with Gasteiger partial charge in [-0.25, -0.2) is 0 Å². The summed E-state index contributed by atoms with van der Waals surface area (Å²) in [5, 5.41) is 13.9. The molecule has 3 aromatic rings. The zero-order chi connectivity index (χ0) is 35.5.